The molecule has 0 radical (unpaired) electrons. The van der Waals surface area contributed by atoms with Gasteiger partial charge in [-0.05, 0) is 5.92 Å². The largest absolute Gasteiger partial charge is 0.354 e. The number of nitrogens with zero attached hydrogens (tertiary/aromatic N) is 2. The molecule has 5 N–H and O–H groups in total. The van der Waals surface area contributed by atoms with Crippen LogP contribution in [0.25, 0.3) is 0 Å². The molecule has 1 aromatic heterocycles. The Labute approximate surface area is 111 Å². The normalized spacial score (nSPS) is 10.1. The highest BCUT2D eigenvalue weighted by molar-refractivity contribution is 5.94. The number of nitrogens with two attached hydrogens (primary N) is 1. The molecule has 19 heavy (non-hydrogen) atoms. The number of amides is 2. The lowest BCUT2D eigenvalue weighted by atomic mass is 10.2. The Kier molecular flexibility index (Phi) is 5.68. The first kappa shape index (κ1) is 14.8. The Morgan fingerprint density at radius 1 is 1.32 bits per heavy atom. The fraction of sp³-hybridized carbons (Fsp3) is 0.455. The molecule has 2 amide bonds. The lowest BCUT2D eigenvalue weighted by molar-refractivity contribution is -0.120. The molecule has 8 heteroatoms. The maximum Gasteiger partial charge on any atom is 0.272 e. The SMILES string of the molecule is CC(C)CNC(=O)CNC(=O)c1cncc(NN)n1. The Hall–Kier alpha value is -2.22. The second-order valence-corrected chi connectivity index (χ2v) is 4.31. The molecule has 0 fully saturated rings. The van der Waals surface area contributed by atoms with Gasteiger partial charge in [0.25, 0.3) is 5.91 Å². The van der Waals surface area contributed by atoms with E-state index in [2.05, 4.69) is 26.0 Å². The van der Waals surface area contributed by atoms with Crippen LogP contribution in [-0.2, 0) is 4.79 Å². The molecule has 0 aliphatic carbocycles. The van der Waals surface area contributed by atoms with Crippen LogP contribution < -0.4 is 21.9 Å². The van der Waals surface area contributed by atoms with Crippen LogP contribution in [-0.4, -0.2) is 34.9 Å². The van der Waals surface area contributed by atoms with Crippen LogP contribution in [0.15, 0.2) is 12.4 Å². The van der Waals surface area contributed by atoms with E-state index in [-0.39, 0.29) is 24.0 Å². The number of nitrogens with one attached hydrogen (secondary N) is 3. The summed E-state index contributed by atoms with van der Waals surface area (Å²) in [7, 11) is 0. The van der Waals surface area contributed by atoms with Crippen molar-refractivity contribution in [3.8, 4) is 0 Å². The molecule has 104 valence electrons. The third kappa shape index (κ3) is 5.30. The fourth-order valence-corrected chi connectivity index (χ4v) is 1.18. The Bertz CT molecular complexity index is 449. The van der Waals surface area contributed by atoms with Crippen molar-refractivity contribution < 1.29 is 9.59 Å². The molecule has 1 rings (SSSR count). The fourth-order valence-electron chi connectivity index (χ4n) is 1.18. The number of carbonyl (C=O) groups excluding carboxylic acids is 2. The summed E-state index contributed by atoms with van der Waals surface area (Å²) >= 11 is 0. The quantitative estimate of drug-likeness (QED) is 0.397. The number of rotatable bonds is 6. The van der Waals surface area contributed by atoms with E-state index in [0.29, 0.717) is 12.5 Å². The van der Waals surface area contributed by atoms with Crippen molar-refractivity contribution in [3.05, 3.63) is 18.1 Å². The topological polar surface area (TPSA) is 122 Å². The van der Waals surface area contributed by atoms with Crippen LogP contribution >= 0.6 is 0 Å². The highest BCUT2D eigenvalue weighted by atomic mass is 16.2. The first-order chi connectivity index (χ1) is 9.02. The molecular formula is C11H18N6O2. The van der Waals surface area contributed by atoms with Crippen molar-refractivity contribution >= 4 is 17.6 Å². The van der Waals surface area contributed by atoms with E-state index in [1.807, 2.05) is 13.8 Å². The Morgan fingerprint density at radius 2 is 2.05 bits per heavy atom. The maximum atomic E-state index is 11.7. The summed E-state index contributed by atoms with van der Waals surface area (Å²) < 4.78 is 0. The van der Waals surface area contributed by atoms with Gasteiger partial charge in [-0.2, -0.15) is 0 Å². The monoisotopic (exact) mass is 266 g/mol. The molecule has 0 saturated carbocycles. The summed E-state index contributed by atoms with van der Waals surface area (Å²) in [5.41, 5.74) is 2.38. The van der Waals surface area contributed by atoms with Gasteiger partial charge in [-0.15, -0.1) is 0 Å². The van der Waals surface area contributed by atoms with Gasteiger partial charge in [-0.1, -0.05) is 13.8 Å². The number of carbonyl (C=O) groups is 2. The van der Waals surface area contributed by atoms with Gasteiger partial charge in [0.2, 0.25) is 5.91 Å². The molecule has 0 unspecified atom stereocenters. The number of nitrogen functional groups attached to an aromatic ring is 1. The molecular weight excluding hydrogens is 248 g/mol. The smallest absolute Gasteiger partial charge is 0.272 e. The van der Waals surface area contributed by atoms with Gasteiger partial charge in [0, 0.05) is 6.54 Å². The highest BCUT2D eigenvalue weighted by Crippen LogP contribution is 1.99. The Morgan fingerprint density at radius 3 is 2.68 bits per heavy atom. The van der Waals surface area contributed by atoms with Crippen LogP contribution in [0, 0.1) is 5.92 Å². The molecule has 0 bridgehead atoms. The maximum absolute atomic E-state index is 11.7. The van der Waals surface area contributed by atoms with Gasteiger partial charge in [0.05, 0.1) is 18.9 Å². The average molecular weight is 266 g/mol. The zero-order valence-corrected chi connectivity index (χ0v) is 10.9. The second kappa shape index (κ2) is 7.27. The van der Waals surface area contributed by atoms with Crippen LogP contribution in [0.1, 0.15) is 24.3 Å². The predicted molar refractivity (Wildman–Crippen MR) is 70.0 cm³/mol. The summed E-state index contributed by atoms with van der Waals surface area (Å²) in [5, 5.41) is 5.14. The second-order valence-electron chi connectivity index (χ2n) is 4.31. The van der Waals surface area contributed by atoms with Gasteiger partial charge in [0.15, 0.2) is 5.82 Å². The first-order valence-electron chi connectivity index (χ1n) is 5.86. The van der Waals surface area contributed by atoms with Crippen LogP contribution in [0.2, 0.25) is 0 Å². The third-order valence-electron chi connectivity index (χ3n) is 2.13. The molecule has 0 atom stereocenters. The summed E-state index contributed by atoms with van der Waals surface area (Å²) in [6, 6.07) is 0. The van der Waals surface area contributed by atoms with E-state index >= 15 is 0 Å². The van der Waals surface area contributed by atoms with E-state index in [4.69, 9.17) is 5.84 Å². The molecule has 0 spiro atoms. The van der Waals surface area contributed by atoms with Crippen molar-refractivity contribution in [1.29, 1.82) is 0 Å². The first-order valence-corrected chi connectivity index (χ1v) is 5.86. The molecule has 0 aromatic carbocycles. The number of aromatic nitrogens is 2. The van der Waals surface area contributed by atoms with Crippen LogP contribution in [0.5, 0.6) is 0 Å². The van der Waals surface area contributed by atoms with Gasteiger partial charge in [0.1, 0.15) is 5.69 Å². The molecule has 0 aliphatic rings. The van der Waals surface area contributed by atoms with Crippen molar-refractivity contribution in [3.63, 3.8) is 0 Å². The summed E-state index contributed by atoms with van der Waals surface area (Å²) in [5.74, 6) is 5.07. The van der Waals surface area contributed by atoms with Gasteiger partial charge in [-0.25, -0.2) is 10.8 Å². The number of hydrazine groups is 1. The van der Waals surface area contributed by atoms with E-state index in [9.17, 15) is 9.59 Å². The van der Waals surface area contributed by atoms with Crippen molar-refractivity contribution in [2.24, 2.45) is 11.8 Å². The molecule has 8 nitrogen and oxygen atoms in total. The van der Waals surface area contributed by atoms with Gasteiger partial charge >= 0.3 is 0 Å². The number of hydrogen-bond donors (Lipinski definition) is 4. The van der Waals surface area contributed by atoms with Crippen molar-refractivity contribution in [2.75, 3.05) is 18.5 Å². The van der Waals surface area contributed by atoms with E-state index < -0.39 is 5.91 Å². The van der Waals surface area contributed by atoms with Gasteiger partial charge < -0.3 is 16.1 Å². The predicted octanol–water partition coefficient (Wildman–Crippen LogP) is -0.736. The van der Waals surface area contributed by atoms with Crippen molar-refractivity contribution in [2.45, 2.75) is 13.8 Å². The molecule has 1 heterocycles. The zero-order valence-electron chi connectivity index (χ0n) is 10.9. The van der Waals surface area contributed by atoms with Crippen LogP contribution in [0.4, 0.5) is 5.82 Å². The lowest BCUT2D eigenvalue weighted by Gasteiger charge is -2.08. The highest BCUT2D eigenvalue weighted by Gasteiger charge is 2.10. The minimum atomic E-state index is -0.482. The van der Waals surface area contributed by atoms with Gasteiger partial charge in [-0.3, -0.25) is 14.6 Å². The molecule has 0 aliphatic heterocycles. The standard InChI is InChI=1S/C11H18N6O2/c1-7(2)3-14-10(18)6-15-11(19)8-4-13-5-9(16-8)17-12/h4-5,7H,3,6,12H2,1-2H3,(H,14,18)(H,15,19)(H,16,17). The average Bonchev–Trinajstić information content (AvgIpc) is 2.42. The van der Waals surface area contributed by atoms with E-state index in [1.165, 1.54) is 12.4 Å². The minimum absolute atomic E-state index is 0.0899. The number of anilines is 1. The number of hydrogen-bond acceptors (Lipinski definition) is 6. The van der Waals surface area contributed by atoms with E-state index in [1.54, 1.807) is 0 Å². The molecule has 0 saturated heterocycles. The van der Waals surface area contributed by atoms with Crippen LogP contribution in [0.3, 0.4) is 0 Å². The summed E-state index contributed by atoms with van der Waals surface area (Å²) in [6.45, 7) is 4.44. The summed E-state index contributed by atoms with van der Waals surface area (Å²) in [4.78, 5) is 30.8. The summed E-state index contributed by atoms with van der Waals surface area (Å²) in [6.07, 6.45) is 2.67. The van der Waals surface area contributed by atoms with E-state index in [0.717, 1.165) is 0 Å². The zero-order chi connectivity index (χ0) is 14.3. The third-order valence-corrected chi connectivity index (χ3v) is 2.13. The van der Waals surface area contributed by atoms with Crippen molar-refractivity contribution in [1.82, 2.24) is 20.6 Å². The lowest BCUT2D eigenvalue weighted by Crippen LogP contribution is -2.38. The minimum Gasteiger partial charge on any atom is -0.354 e. The Balaban J connectivity index is 2.44. The molecule has 1 aromatic rings.